The summed E-state index contributed by atoms with van der Waals surface area (Å²) in [5.41, 5.74) is 1.50. The summed E-state index contributed by atoms with van der Waals surface area (Å²) in [6.07, 6.45) is 0.759. The third kappa shape index (κ3) is 1.77. The summed E-state index contributed by atoms with van der Waals surface area (Å²) < 4.78 is 0. The van der Waals surface area contributed by atoms with Crippen LogP contribution < -0.4 is 4.90 Å². The molecule has 12 heavy (non-hydrogen) atoms. The van der Waals surface area contributed by atoms with E-state index < -0.39 is 0 Å². The van der Waals surface area contributed by atoms with E-state index in [0.717, 1.165) is 12.0 Å². The van der Waals surface area contributed by atoms with Crippen molar-refractivity contribution in [2.75, 3.05) is 19.0 Å². The molecular formula is C9H10ClNO. The van der Waals surface area contributed by atoms with Crippen molar-refractivity contribution in [2.45, 2.75) is 0 Å². The summed E-state index contributed by atoms with van der Waals surface area (Å²) in [6, 6.07) is 5.35. The van der Waals surface area contributed by atoms with Crippen molar-refractivity contribution in [2.24, 2.45) is 0 Å². The number of hydrogen-bond acceptors (Lipinski definition) is 2. The zero-order valence-electron chi connectivity index (χ0n) is 7.04. The molecular weight excluding hydrogens is 174 g/mol. The van der Waals surface area contributed by atoms with E-state index in [1.54, 1.807) is 12.1 Å². The number of nitrogens with zero attached hydrogens (tertiary/aromatic N) is 1. The second-order valence-corrected chi connectivity index (χ2v) is 3.13. The Labute approximate surface area is 76.8 Å². The Morgan fingerprint density at radius 2 is 2.08 bits per heavy atom. The van der Waals surface area contributed by atoms with Crippen molar-refractivity contribution in [3.63, 3.8) is 0 Å². The second-order valence-electron chi connectivity index (χ2n) is 2.72. The zero-order valence-corrected chi connectivity index (χ0v) is 7.80. The molecule has 0 fully saturated rings. The van der Waals surface area contributed by atoms with E-state index >= 15 is 0 Å². The van der Waals surface area contributed by atoms with Gasteiger partial charge in [0, 0.05) is 25.3 Å². The number of benzene rings is 1. The zero-order chi connectivity index (χ0) is 9.14. The van der Waals surface area contributed by atoms with E-state index in [9.17, 15) is 4.79 Å². The molecule has 1 aromatic rings. The molecule has 0 heterocycles. The fraction of sp³-hybridized carbons (Fsp3) is 0.222. The van der Waals surface area contributed by atoms with Crippen molar-refractivity contribution >= 4 is 23.6 Å². The van der Waals surface area contributed by atoms with Crippen LogP contribution in [0.25, 0.3) is 0 Å². The average Bonchev–Trinajstić information content (AvgIpc) is 2.05. The number of anilines is 1. The lowest BCUT2D eigenvalue weighted by atomic mass is 10.2. The van der Waals surface area contributed by atoms with E-state index in [1.165, 1.54) is 0 Å². The molecule has 2 nitrogen and oxygen atoms in total. The Hall–Kier alpha value is -1.02. The van der Waals surface area contributed by atoms with E-state index in [2.05, 4.69) is 0 Å². The van der Waals surface area contributed by atoms with Gasteiger partial charge in [0.2, 0.25) is 0 Å². The Bertz CT molecular complexity index is 297. The largest absolute Gasteiger partial charge is 0.378 e. The Balaban J connectivity index is 3.13. The molecule has 0 atom stereocenters. The molecule has 0 unspecified atom stereocenters. The van der Waals surface area contributed by atoms with Gasteiger partial charge in [0.05, 0.1) is 5.02 Å². The molecule has 0 aliphatic rings. The predicted octanol–water partition coefficient (Wildman–Crippen LogP) is 2.22. The van der Waals surface area contributed by atoms with E-state index in [4.69, 9.17) is 11.6 Å². The first-order chi connectivity index (χ1) is 5.65. The topological polar surface area (TPSA) is 20.3 Å². The summed E-state index contributed by atoms with van der Waals surface area (Å²) in [5, 5.41) is 0.496. The number of carbonyl (C=O) groups is 1. The molecule has 64 valence electrons. The van der Waals surface area contributed by atoms with Crippen LogP contribution in [-0.2, 0) is 0 Å². The highest BCUT2D eigenvalue weighted by Gasteiger charge is 2.01. The van der Waals surface area contributed by atoms with Crippen molar-refractivity contribution in [3.8, 4) is 0 Å². The van der Waals surface area contributed by atoms with Gasteiger partial charge in [-0.15, -0.1) is 0 Å². The Kier molecular flexibility index (Phi) is 2.71. The second kappa shape index (κ2) is 3.59. The van der Waals surface area contributed by atoms with Crippen LogP contribution in [0.2, 0.25) is 5.02 Å². The Morgan fingerprint density at radius 1 is 1.42 bits per heavy atom. The standard InChI is InChI=1S/C9H10ClNO/c1-11(2)8-3-4-9(10)7(5-8)6-12/h3-6H,1-2H3. The third-order valence-corrected chi connectivity index (χ3v) is 1.97. The SMILES string of the molecule is CN(C)c1ccc(Cl)c(C=O)c1. The third-order valence-electron chi connectivity index (χ3n) is 1.62. The van der Waals surface area contributed by atoms with Gasteiger partial charge in [-0.1, -0.05) is 11.6 Å². The lowest BCUT2D eigenvalue weighted by Gasteiger charge is -2.12. The van der Waals surface area contributed by atoms with Crippen LogP contribution >= 0.6 is 11.6 Å². The number of hydrogen-bond donors (Lipinski definition) is 0. The molecule has 3 heteroatoms. The lowest BCUT2D eigenvalue weighted by Crippen LogP contribution is -2.08. The minimum atomic E-state index is 0.496. The molecule has 1 aromatic carbocycles. The smallest absolute Gasteiger partial charge is 0.151 e. The van der Waals surface area contributed by atoms with Gasteiger partial charge in [-0.3, -0.25) is 4.79 Å². The minimum absolute atomic E-state index is 0.496. The molecule has 1 rings (SSSR count). The van der Waals surface area contributed by atoms with Crippen LogP contribution in [0.1, 0.15) is 10.4 Å². The van der Waals surface area contributed by atoms with Crippen LogP contribution in [0, 0.1) is 0 Å². The summed E-state index contributed by atoms with van der Waals surface area (Å²) in [6.45, 7) is 0. The van der Waals surface area contributed by atoms with Crippen LogP contribution in [0.3, 0.4) is 0 Å². The highest BCUT2D eigenvalue weighted by Crippen LogP contribution is 2.20. The van der Waals surface area contributed by atoms with Gasteiger partial charge in [-0.2, -0.15) is 0 Å². The average molecular weight is 184 g/mol. The summed E-state index contributed by atoms with van der Waals surface area (Å²) in [4.78, 5) is 12.4. The first-order valence-corrected chi connectivity index (χ1v) is 3.95. The maximum absolute atomic E-state index is 10.5. The van der Waals surface area contributed by atoms with Crippen molar-refractivity contribution in [1.29, 1.82) is 0 Å². The van der Waals surface area contributed by atoms with E-state index in [1.807, 2.05) is 25.1 Å². The number of halogens is 1. The molecule has 0 aliphatic heterocycles. The van der Waals surface area contributed by atoms with Gasteiger partial charge >= 0.3 is 0 Å². The van der Waals surface area contributed by atoms with Crippen molar-refractivity contribution in [1.82, 2.24) is 0 Å². The lowest BCUT2D eigenvalue weighted by molar-refractivity contribution is 0.112. The van der Waals surface area contributed by atoms with Gasteiger partial charge in [0.25, 0.3) is 0 Å². The molecule has 0 N–H and O–H groups in total. The van der Waals surface area contributed by atoms with Gasteiger partial charge in [-0.05, 0) is 18.2 Å². The fourth-order valence-corrected chi connectivity index (χ4v) is 1.06. The van der Waals surface area contributed by atoms with Crippen LogP contribution in [0.15, 0.2) is 18.2 Å². The molecule has 0 bridgehead atoms. The molecule has 0 spiro atoms. The summed E-state index contributed by atoms with van der Waals surface area (Å²) in [5.74, 6) is 0. The van der Waals surface area contributed by atoms with Crippen LogP contribution in [0.5, 0.6) is 0 Å². The highest BCUT2D eigenvalue weighted by molar-refractivity contribution is 6.33. The maximum atomic E-state index is 10.5. The highest BCUT2D eigenvalue weighted by atomic mass is 35.5. The first-order valence-electron chi connectivity index (χ1n) is 3.57. The van der Waals surface area contributed by atoms with E-state index in [0.29, 0.717) is 10.6 Å². The number of carbonyl (C=O) groups excluding carboxylic acids is 1. The monoisotopic (exact) mass is 183 g/mol. The fourth-order valence-electron chi connectivity index (χ4n) is 0.900. The van der Waals surface area contributed by atoms with Crippen molar-refractivity contribution < 1.29 is 4.79 Å². The molecule has 0 radical (unpaired) electrons. The molecule has 0 aromatic heterocycles. The summed E-state index contributed by atoms with van der Waals surface area (Å²) in [7, 11) is 3.83. The molecule has 0 saturated carbocycles. The quantitative estimate of drug-likeness (QED) is 0.656. The van der Waals surface area contributed by atoms with Gasteiger partial charge in [0.1, 0.15) is 0 Å². The molecule has 0 amide bonds. The van der Waals surface area contributed by atoms with Crippen LogP contribution in [-0.4, -0.2) is 20.4 Å². The maximum Gasteiger partial charge on any atom is 0.151 e. The minimum Gasteiger partial charge on any atom is -0.378 e. The predicted molar refractivity (Wildman–Crippen MR) is 51.2 cm³/mol. The van der Waals surface area contributed by atoms with E-state index in [-0.39, 0.29) is 0 Å². The van der Waals surface area contributed by atoms with Gasteiger partial charge in [0.15, 0.2) is 6.29 Å². The van der Waals surface area contributed by atoms with Gasteiger partial charge in [-0.25, -0.2) is 0 Å². The number of rotatable bonds is 2. The van der Waals surface area contributed by atoms with Gasteiger partial charge < -0.3 is 4.90 Å². The molecule has 0 saturated heterocycles. The summed E-state index contributed by atoms with van der Waals surface area (Å²) >= 11 is 5.75. The van der Waals surface area contributed by atoms with Crippen molar-refractivity contribution in [3.05, 3.63) is 28.8 Å². The Morgan fingerprint density at radius 3 is 2.58 bits per heavy atom. The first kappa shape index (κ1) is 9.07. The number of aldehydes is 1. The normalized spacial score (nSPS) is 9.58. The van der Waals surface area contributed by atoms with Crippen LogP contribution in [0.4, 0.5) is 5.69 Å². The molecule has 0 aliphatic carbocycles.